The molecule has 2 nitrogen and oxygen atoms in total. The third-order valence-corrected chi connectivity index (χ3v) is 13.0. The molecule has 0 spiro atoms. The Labute approximate surface area is 368 Å². The van der Waals surface area contributed by atoms with Crippen LogP contribution in [0, 0.1) is 0 Å². The fourth-order valence-corrected chi connectivity index (χ4v) is 10.4. The number of hydrogen-bond donors (Lipinski definition) is 0. The van der Waals surface area contributed by atoms with Crippen molar-refractivity contribution in [1.29, 1.82) is 0 Å². The molecule has 63 heavy (non-hydrogen) atoms. The number of rotatable bonds is 8. The second kappa shape index (κ2) is 15.1. The van der Waals surface area contributed by atoms with Crippen LogP contribution in [-0.2, 0) is 5.41 Å². The van der Waals surface area contributed by atoms with E-state index in [4.69, 9.17) is 0 Å². The largest absolute Gasteiger partial charge is 0.310 e. The summed E-state index contributed by atoms with van der Waals surface area (Å²) >= 11 is 0. The van der Waals surface area contributed by atoms with E-state index in [1.807, 2.05) is 0 Å². The molecule has 0 N–H and O–H groups in total. The molecule has 2 heteroatoms. The molecule has 0 bridgehead atoms. The SMILES string of the molecule is c1ccc(-c2ccc(N(c3cccc(C4(c5ccccc5)c5ccccc5-c5ccccc54)c3)c3cc(-c4ccccc4)cc4c3c3ccccc3n4-c3ccccc3)cc2)cc1. The Bertz CT molecular complexity index is 3380. The normalized spacial score (nSPS) is 12.6. The van der Waals surface area contributed by atoms with Gasteiger partial charge in [-0.25, -0.2) is 0 Å². The number of nitrogens with zero attached hydrogens (tertiary/aromatic N) is 2. The summed E-state index contributed by atoms with van der Waals surface area (Å²) in [5.74, 6) is 0. The fraction of sp³-hybridized carbons (Fsp3) is 0.0164. The average molecular weight is 803 g/mol. The van der Waals surface area contributed by atoms with Gasteiger partial charge in [-0.15, -0.1) is 0 Å². The number of aromatic nitrogens is 1. The predicted octanol–water partition coefficient (Wildman–Crippen LogP) is 16.0. The standard InChI is InChI=1S/C61H42N2/c1-5-20-43(21-6-1)45-36-38-50(39-37-45)62(51-29-19-26-48(42-51)61(47-24-9-3-10-25-47)55-33-16-13-30-52(55)53-31-14-17-34-56(53)61)58-40-46(44-22-7-2-8-23-44)41-59-60(58)54-32-15-18-35-57(54)63(59)49-27-11-4-12-28-49/h1-42H. The molecule has 10 aromatic carbocycles. The van der Waals surface area contributed by atoms with Gasteiger partial charge in [0.2, 0.25) is 0 Å². The van der Waals surface area contributed by atoms with Crippen molar-refractivity contribution in [3.05, 3.63) is 277 Å². The monoisotopic (exact) mass is 802 g/mol. The van der Waals surface area contributed by atoms with Crippen molar-refractivity contribution in [1.82, 2.24) is 4.57 Å². The Morgan fingerprint density at radius 3 is 1.52 bits per heavy atom. The van der Waals surface area contributed by atoms with Gasteiger partial charge in [0, 0.05) is 27.8 Å². The van der Waals surface area contributed by atoms with E-state index in [0.29, 0.717) is 0 Å². The number of fused-ring (bicyclic) bond motifs is 6. The van der Waals surface area contributed by atoms with Crippen LogP contribution in [0.5, 0.6) is 0 Å². The van der Waals surface area contributed by atoms with E-state index in [-0.39, 0.29) is 0 Å². The lowest BCUT2D eigenvalue weighted by molar-refractivity contribution is 0.768. The first-order valence-electron chi connectivity index (χ1n) is 21.8. The zero-order valence-electron chi connectivity index (χ0n) is 34.6. The minimum atomic E-state index is -0.544. The molecule has 1 aromatic heterocycles. The minimum Gasteiger partial charge on any atom is -0.310 e. The van der Waals surface area contributed by atoms with Gasteiger partial charge in [0.05, 0.1) is 22.1 Å². The molecule has 12 rings (SSSR count). The van der Waals surface area contributed by atoms with Crippen LogP contribution >= 0.6 is 0 Å². The van der Waals surface area contributed by atoms with Crippen molar-refractivity contribution < 1.29 is 0 Å². The number of para-hydroxylation sites is 2. The van der Waals surface area contributed by atoms with Crippen LogP contribution in [-0.4, -0.2) is 4.57 Å². The van der Waals surface area contributed by atoms with Crippen LogP contribution in [0.25, 0.3) is 60.9 Å². The Hall–Kier alpha value is -8.20. The average Bonchev–Trinajstić information content (AvgIpc) is 3.86. The molecule has 0 amide bonds. The molecule has 11 aromatic rings. The van der Waals surface area contributed by atoms with Gasteiger partial charge in [-0.2, -0.15) is 0 Å². The minimum absolute atomic E-state index is 0.544. The zero-order chi connectivity index (χ0) is 41.7. The smallest absolute Gasteiger partial charge is 0.0714 e. The Balaban J connectivity index is 1.18. The number of benzene rings is 10. The maximum Gasteiger partial charge on any atom is 0.0714 e. The van der Waals surface area contributed by atoms with Gasteiger partial charge in [0.1, 0.15) is 0 Å². The van der Waals surface area contributed by atoms with Crippen molar-refractivity contribution in [2.45, 2.75) is 5.41 Å². The van der Waals surface area contributed by atoms with Crippen molar-refractivity contribution in [2.24, 2.45) is 0 Å². The lowest BCUT2D eigenvalue weighted by atomic mass is 9.67. The van der Waals surface area contributed by atoms with Gasteiger partial charge < -0.3 is 9.47 Å². The van der Waals surface area contributed by atoms with Gasteiger partial charge in [-0.1, -0.05) is 200 Å². The van der Waals surface area contributed by atoms with Crippen molar-refractivity contribution in [3.63, 3.8) is 0 Å². The molecular formula is C61H42N2. The van der Waals surface area contributed by atoms with Crippen LogP contribution in [0.1, 0.15) is 22.3 Å². The first-order valence-corrected chi connectivity index (χ1v) is 21.8. The Morgan fingerprint density at radius 2 is 0.857 bits per heavy atom. The van der Waals surface area contributed by atoms with Gasteiger partial charge in [0.25, 0.3) is 0 Å². The van der Waals surface area contributed by atoms with Crippen molar-refractivity contribution >= 4 is 38.9 Å². The third kappa shape index (κ3) is 5.87. The third-order valence-electron chi connectivity index (χ3n) is 13.0. The maximum atomic E-state index is 2.50. The maximum absolute atomic E-state index is 2.50. The summed E-state index contributed by atoms with van der Waals surface area (Å²) < 4.78 is 2.44. The van der Waals surface area contributed by atoms with E-state index in [0.717, 1.165) is 33.8 Å². The molecule has 0 unspecified atom stereocenters. The first kappa shape index (κ1) is 36.6. The molecule has 0 atom stereocenters. The molecular weight excluding hydrogens is 761 g/mol. The highest BCUT2D eigenvalue weighted by atomic mass is 15.1. The first-order chi connectivity index (χ1) is 31.3. The molecule has 1 heterocycles. The molecule has 0 saturated heterocycles. The summed E-state index contributed by atoms with van der Waals surface area (Å²) in [5.41, 5.74) is 18.5. The summed E-state index contributed by atoms with van der Waals surface area (Å²) in [6.45, 7) is 0. The fourth-order valence-electron chi connectivity index (χ4n) is 10.4. The van der Waals surface area contributed by atoms with E-state index in [1.54, 1.807) is 0 Å². The van der Waals surface area contributed by atoms with Gasteiger partial charge >= 0.3 is 0 Å². The van der Waals surface area contributed by atoms with Gasteiger partial charge in [-0.3, -0.25) is 0 Å². The lowest BCUT2D eigenvalue weighted by Gasteiger charge is -2.35. The summed E-state index contributed by atoms with van der Waals surface area (Å²) in [6, 6.07) is 93.4. The van der Waals surface area contributed by atoms with E-state index in [1.165, 1.54) is 66.4 Å². The second-order valence-corrected chi connectivity index (χ2v) is 16.4. The van der Waals surface area contributed by atoms with E-state index in [2.05, 4.69) is 264 Å². The Kier molecular flexibility index (Phi) is 8.76. The summed E-state index contributed by atoms with van der Waals surface area (Å²) in [4.78, 5) is 2.50. The van der Waals surface area contributed by atoms with Crippen LogP contribution < -0.4 is 4.90 Å². The number of hydrogen-bond acceptors (Lipinski definition) is 1. The predicted molar refractivity (Wildman–Crippen MR) is 264 cm³/mol. The summed E-state index contributed by atoms with van der Waals surface area (Å²) in [6.07, 6.45) is 0. The Morgan fingerprint density at radius 1 is 0.333 bits per heavy atom. The van der Waals surface area contributed by atoms with Crippen LogP contribution in [0.15, 0.2) is 255 Å². The van der Waals surface area contributed by atoms with Crippen LogP contribution in [0.4, 0.5) is 17.1 Å². The topological polar surface area (TPSA) is 8.17 Å². The summed E-state index contributed by atoms with van der Waals surface area (Å²) in [5, 5.41) is 2.40. The van der Waals surface area contributed by atoms with Crippen LogP contribution in [0.3, 0.4) is 0 Å². The number of anilines is 3. The molecule has 0 aliphatic heterocycles. The van der Waals surface area contributed by atoms with E-state index >= 15 is 0 Å². The highest BCUT2D eigenvalue weighted by molar-refractivity contribution is 6.18. The highest BCUT2D eigenvalue weighted by Gasteiger charge is 2.46. The summed E-state index contributed by atoms with van der Waals surface area (Å²) in [7, 11) is 0. The highest BCUT2D eigenvalue weighted by Crippen LogP contribution is 2.57. The second-order valence-electron chi connectivity index (χ2n) is 16.4. The zero-order valence-corrected chi connectivity index (χ0v) is 34.6. The van der Waals surface area contributed by atoms with E-state index in [9.17, 15) is 0 Å². The lowest BCUT2D eigenvalue weighted by Crippen LogP contribution is -2.28. The molecule has 1 aliphatic carbocycles. The van der Waals surface area contributed by atoms with E-state index < -0.39 is 5.41 Å². The van der Waals surface area contributed by atoms with Gasteiger partial charge in [0.15, 0.2) is 0 Å². The molecule has 1 aliphatic rings. The molecule has 0 radical (unpaired) electrons. The molecule has 0 fully saturated rings. The van der Waals surface area contributed by atoms with Crippen LogP contribution in [0.2, 0.25) is 0 Å². The van der Waals surface area contributed by atoms with Gasteiger partial charge in [-0.05, 0) is 110 Å². The molecule has 296 valence electrons. The molecule has 0 saturated carbocycles. The van der Waals surface area contributed by atoms with Crippen molar-refractivity contribution in [3.8, 4) is 39.1 Å². The quantitative estimate of drug-likeness (QED) is 0.149. The van der Waals surface area contributed by atoms with Crippen molar-refractivity contribution in [2.75, 3.05) is 4.90 Å².